The largest absolute Gasteiger partial charge is 0.294 e. The van der Waals surface area contributed by atoms with Gasteiger partial charge >= 0.3 is 0 Å². The van der Waals surface area contributed by atoms with E-state index in [1.807, 2.05) is 0 Å². The maximum absolute atomic E-state index is 10.7. The highest BCUT2D eigenvalue weighted by atomic mass is 35.5. The monoisotopic (exact) mass is 302 g/mol. The van der Waals surface area contributed by atoms with Gasteiger partial charge in [0.05, 0.1) is 9.95 Å². The zero-order chi connectivity index (χ0) is 14.8. The summed E-state index contributed by atoms with van der Waals surface area (Å²) < 4.78 is 0. The summed E-state index contributed by atoms with van der Waals surface area (Å²) in [6.45, 7) is 2.58. The predicted molar refractivity (Wildman–Crippen MR) is 82.4 cm³/mol. The van der Waals surface area contributed by atoms with E-state index in [9.17, 15) is 10.1 Å². The van der Waals surface area contributed by atoms with Gasteiger partial charge in [0.2, 0.25) is 0 Å². The average Bonchev–Trinajstić information content (AvgIpc) is 2.49. The summed E-state index contributed by atoms with van der Waals surface area (Å²) >= 11 is 6.16. The number of halogens is 1. The molecule has 1 heterocycles. The first-order valence-corrected chi connectivity index (χ1v) is 7.23. The lowest BCUT2D eigenvalue weighted by molar-refractivity contribution is -0.384. The van der Waals surface area contributed by atoms with Crippen LogP contribution in [-0.4, -0.2) is 16.4 Å². The third kappa shape index (κ3) is 3.06. The highest BCUT2D eigenvalue weighted by molar-refractivity contribution is 6.31. The van der Waals surface area contributed by atoms with E-state index >= 15 is 0 Å². The molecule has 3 rings (SSSR count). The summed E-state index contributed by atoms with van der Waals surface area (Å²) in [6, 6.07) is 13.1. The van der Waals surface area contributed by atoms with Crippen LogP contribution in [0.4, 0.5) is 5.69 Å². The van der Waals surface area contributed by atoms with E-state index in [1.165, 1.54) is 23.3 Å². The van der Waals surface area contributed by atoms with Crippen LogP contribution < -0.4 is 0 Å². The van der Waals surface area contributed by atoms with Gasteiger partial charge in [0.15, 0.2) is 0 Å². The van der Waals surface area contributed by atoms with Gasteiger partial charge in [-0.3, -0.25) is 15.0 Å². The summed E-state index contributed by atoms with van der Waals surface area (Å²) in [5.41, 5.74) is 3.72. The molecular weight excluding hydrogens is 288 g/mol. The van der Waals surface area contributed by atoms with Crippen LogP contribution in [0.1, 0.15) is 16.7 Å². The van der Waals surface area contributed by atoms with E-state index in [1.54, 1.807) is 6.07 Å². The van der Waals surface area contributed by atoms with Crippen LogP contribution >= 0.6 is 11.6 Å². The number of rotatable bonds is 3. The second kappa shape index (κ2) is 5.84. The Labute approximate surface area is 128 Å². The number of hydrogen-bond acceptors (Lipinski definition) is 3. The fraction of sp³-hybridized carbons (Fsp3) is 0.250. The molecule has 0 fully saturated rings. The highest BCUT2D eigenvalue weighted by Crippen LogP contribution is 2.26. The van der Waals surface area contributed by atoms with Crippen LogP contribution in [0, 0.1) is 10.1 Å². The number of nitrogens with zero attached hydrogens (tertiary/aromatic N) is 2. The molecule has 21 heavy (non-hydrogen) atoms. The van der Waals surface area contributed by atoms with E-state index in [4.69, 9.17) is 11.6 Å². The number of nitro benzene ring substituents is 1. The van der Waals surface area contributed by atoms with Crippen LogP contribution in [-0.2, 0) is 19.5 Å². The van der Waals surface area contributed by atoms with Gasteiger partial charge in [0, 0.05) is 31.8 Å². The third-order valence-corrected chi connectivity index (χ3v) is 4.20. The van der Waals surface area contributed by atoms with Crippen molar-refractivity contribution in [2.75, 3.05) is 6.54 Å². The molecule has 0 atom stereocenters. The molecule has 0 aromatic heterocycles. The minimum Gasteiger partial charge on any atom is -0.294 e. The van der Waals surface area contributed by atoms with Crippen LogP contribution in [0.5, 0.6) is 0 Å². The standard InChI is InChI=1S/C16H15ClN2O2/c17-16-9-15(19(20)21)6-5-14(16)11-18-8-7-12-3-1-2-4-13(12)10-18/h1-6,9H,7-8,10-11H2. The van der Waals surface area contributed by atoms with Crippen LogP contribution in [0.15, 0.2) is 42.5 Å². The second-order valence-corrected chi connectivity index (χ2v) is 5.67. The Balaban J connectivity index is 1.75. The Bertz CT molecular complexity index is 688. The van der Waals surface area contributed by atoms with Crippen LogP contribution in [0.3, 0.4) is 0 Å². The molecule has 2 aromatic rings. The molecule has 4 nitrogen and oxygen atoms in total. The maximum Gasteiger partial charge on any atom is 0.270 e. The van der Waals surface area contributed by atoms with E-state index in [-0.39, 0.29) is 5.69 Å². The first-order chi connectivity index (χ1) is 10.1. The van der Waals surface area contributed by atoms with Crippen molar-refractivity contribution >= 4 is 17.3 Å². The van der Waals surface area contributed by atoms with Gasteiger partial charge in [-0.1, -0.05) is 35.9 Å². The second-order valence-electron chi connectivity index (χ2n) is 5.26. The van der Waals surface area contributed by atoms with Crippen molar-refractivity contribution in [2.24, 2.45) is 0 Å². The molecule has 108 valence electrons. The molecule has 0 saturated heterocycles. The predicted octanol–water partition coefficient (Wildman–Crippen LogP) is 3.81. The molecular formula is C16H15ClN2O2. The minimum absolute atomic E-state index is 0.0349. The van der Waals surface area contributed by atoms with Gasteiger partial charge in [-0.25, -0.2) is 0 Å². The minimum atomic E-state index is -0.424. The Kier molecular flexibility index (Phi) is 3.90. The van der Waals surface area contributed by atoms with Crippen molar-refractivity contribution < 1.29 is 4.92 Å². The lowest BCUT2D eigenvalue weighted by Gasteiger charge is -2.28. The summed E-state index contributed by atoms with van der Waals surface area (Å²) in [4.78, 5) is 12.6. The van der Waals surface area contributed by atoms with Crippen molar-refractivity contribution in [3.63, 3.8) is 0 Å². The molecule has 0 bridgehead atoms. The number of non-ortho nitro benzene ring substituents is 1. The lowest BCUT2D eigenvalue weighted by atomic mass is 9.99. The van der Waals surface area contributed by atoms with E-state index in [2.05, 4.69) is 29.2 Å². The molecule has 0 saturated carbocycles. The number of nitro groups is 1. The Morgan fingerprint density at radius 2 is 1.95 bits per heavy atom. The zero-order valence-electron chi connectivity index (χ0n) is 11.5. The van der Waals surface area contributed by atoms with Gasteiger partial charge in [-0.15, -0.1) is 0 Å². The maximum atomic E-state index is 10.7. The third-order valence-electron chi connectivity index (χ3n) is 3.85. The summed E-state index contributed by atoms with van der Waals surface area (Å²) in [7, 11) is 0. The number of fused-ring (bicyclic) bond motifs is 1. The Morgan fingerprint density at radius 3 is 2.67 bits per heavy atom. The Morgan fingerprint density at radius 1 is 1.19 bits per heavy atom. The highest BCUT2D eigenvalue weighted by Gasteiger charge is 2.17. The zero-order valence-corrected chi connectivity index (χ0v) is 12.2. The topological polar surface area (TPSA) is 46.4 Å². The van der Waals surface area contributed by atoms with E-state index in [0.29, 0.717) is 11.6 Å². The van der Waals surface area contributed by atoms with Gasteiger partial charge in [-0.05, 0) is 29.2 Å². The summed E-state index contributed by atoms with van der Waals surface area (Å²) in [5.74, 6) is 0. The van der Waals surface area contributed by atoms with E-state index < -0.39 is 4.92 Å². The molecule has 0 aliphatic carbocycles. The van der Waals surface area contributed by atoms with Crippen molar-refractivity contribution in [1.29, 1.82) is 0 Å². The van der Waals surface area contributed by atoms with E-state index in [0.717, 1.165) is 25.1 Å². The SMILES string of the molecule is O=[N+]([O-])c1ccc(CN2CCc3ccccc3C2)c(Cl)c1. The van der Waals surface area contributed by atoms with Crippen LogP contribution in [0.2, 0.25) is 5.02 Å². The van der Waals surface area contributed by atoms with Gasteiger partial charge < -0.3 is 0 Å². The quantitative estimate of drug-likeness (QED) is 0.640. The summed E-state index contributed by atoms with van der Waals surface area (Å²) in [5, 5.41) is 11.2. The molecule has 5 heteroatoms. The molecule has 2 aromatic carbocycles. The van der Waals surface area contributed by atoms with Gasteiger partial charge in [0.1, 0.15) is 0 Å². The first kappa shape index (κ1) is 14.0. The van der Waals surface area contributed by atoms with Crippen molar-refractivity contribution in [3.8, 4) is 0 Å². The molecule has 0 N–H and O–H groups in total. The number of benzene rings is 2. The molecule has 0 amide bonds. The van der Waals surface area contributed by atoms with Crippen LogP contribution in [0.25, 0.3) is 0 Å². The smallest absolute Gasteiger partial charge is 0.270 e. The number of hydrogen-bond donors (Lipinski definition) is 0. The molecule has 0 spiro atoms. The normalized spacial score (nSPS) is 14.7. The average molecular weight is 303 g/mol. The van der Waals surface area contributed by atoms with Gasteiger partial charge in [0.25, 0.3) is 5.69 Å². The van der Waals surface area contributed by atoms with Crippen molar-refractivity contribution in [1.82, 2.24) is 4.90 Å². The molecule has 1 aliphatic heterocycles. The Hall–Kier alpha value is -1.91. The first-order valence-electron chi connectivity index (χ1n) is 6.85. The fourth-order valence-corrected chi connectivity index (χ4v) is 2.94. The molecule has 1 aliphatic rings. The fourth-order valence-electron chi connectivity index (χ4n) is 2.71. The molecule has 0 radical (unpaired) electrons. The van der Waals surface area contributed by atoms with Crippen molar-refractivity contribution in [2.45, 2.75) is 19.5 Å². The van der Waals surface area contributed by atoms with Gasteiger partial charge in [-0.2, -0.15) is 0 Å². The van der Waals surface area contributed by atoms with Crippen molar-refractivity contribution in [3.05, 3.63) is 74.3 Å². The molecule has 0 unspecified atom stereocenters. The summed E-state index contributed by atoms with van der Waals surface area (Å²) in [6.07, 6.45) is 1.03. The lowest BCUT2D eigenvalue weighted by Crippen LogP contribution is -2.30.